The van der Waals surface area contributed by atoms with Crippen molar-refractivity contribution in [2.75, 3.05) is 12.1 Å². The van der Waals surface area contributed by atoms with Gasteiger partial charge in [0.05, 0.1) is 0 Å². The summed E-state index contributed by atoms with van der Waals surface area (Å²) in [5, 5.41) is 2.96. The minimum atomic E-state index is 0.0674. The molecule has 1 saturated carbocycles. The van der Waals surface area contributed by atoms with E-state index in [0.717, 1.165) is 17.9 Å². The zero-order valence-electron chi connectivity index (χ0n) is 11.4. The van der Waals surface area contributed by atoms with Gasteiger partial charge in [0.25, 0.3) is 0 Å². The average Bonchev–Trinajstić information content (AvgIpc) is 3.19. The van der Waals surface area contributed by atoms with Crippen molar-refractivity contribution in [2.24, 2.45) is 5.92 Å². The van der Waals surface area contributed by atoms with E-state index in [9.17, 15) is 4.79 Å². The van der Waals surface area contributed by atoms with Crippen LogP contribution in [0.4, 0.5) is 5.69 Å². The second kappa shape index (κ2) is 4.81. The minimum absolute atomic E-state index is 0.0674. The standard InChI is InChI=1S/C17H15NO3/c19-17(14-9-13(14)11-4-2-1-3-5-11)18-12-6-7-15-16(8-12)21-10-20-15/h1-8,13-14H,9-10H2,(H,18,19)/t13-,14+/m1/s1. The first kappa shape index (κ1) is 12.3. The summed E-state index contributed by atoms with van der Waals surface area (Å²) in [7, 11) is 0. The molecular formula is C17H15NO3. The van der Waals surface area contributed by atoms with Crippen molar-refractivity contribution in [2.45, 2.75) is 12.3 Å². The zero-order chi connectivity index (χ0) is 14.2. The van der Waals surface area contributed by atoms with Crippen molar-refractivity contribution in [1.82, 2.24) is 0 Å². The molecule has 21 heavy (non-hydrogen) atoms. The quantitative estimate of drug-likeness (QED) is 0.940. The van der Waals surface area contributed by atoms with E-state index in [1.807, 2.05) is 30.3 Å². The van der Waals surface area contributed by atoms with Crippen LogP contribution in [0.5, 0.6) is 11.5 Å². The van der Waals surface area contributed by atoms with Gasteiger partial charge < -0.3 is 14.8 Å². The van der Waals surface area contributed by atoms with Gasteiger partial charge in [-0.15, -0.1) is 0 Å². The molecule has 1 heterocycles. The van der Waals surface area contributed by atoms with E-state index in [0.29, 0.717) is 11.7 Å². The van der Waals surface area contributed by atoms with Crippen LogP contribution in [0.3, 0.4) is 0 Å². The molecule has 1 aliphatic carbocycles. The topological polar surface area (TPSA) is 47.6 Å². The summed E-state index contributed by atoms with van der Waals surface area (Å²) in [5.41, 5.74) is 1.99. The first-order valence-electron chi connectivity index (χ1n) is 7.07. The molecule has 4 rings (SSSR count). The Morgan fingerprint density at radius 3 is 2.71 bits per heavy atom. The first-order valence-corrected chi connectivity index (χ1v) is 7.07. The van der Waals surface area contributed by atoms with Gasteiger partial charge in [-0.1, -0.05) is 30.3 Å². The van der Waals surface area contributed by atoms with Crippen molar-refractivity contribution in [3.8, 4) is 11.5 Å². The Hall–Kier alpha value is -2.49. The van der Waals surface area contributed by atoms with Crippen LogP contribution in [0, 0.1) is 5.92 Å². The maximum atomic E-state index is 12.3. The Morgan fingerprint density at radius 2 is 1.86 bits per heavy atom. The van der Waals surface area contributed by atoms with E-state index >= 15 is 0 Å². The van der Waals surface area contributed by atoms with E-state index in [1.165, 1.54) is 5.56 Å². The molecule has 1 N–H and O–H groups in total. The fourth-order valence-corrected chi connectivity index (χ4v) is 2.76. The molecule has 1 aliphatic heterocycles. The number of hydrogen-bond donors (Lipinski definition) is 1. The van der Waals surface area contributed by atoms with Crippen LogP contribution in [0.25, 0.3) is 0 Å². The van der Waals surface area contributed by atoms with Crippen LogP contribution in [0.2, 0.25) is 0 Å². The Balaban J connectivity index is 1.43. The monoisotopic (exact) mass is 281 g/mol. The van der Waals surface area contributed by atoms with Crippen LogP contribution in [0.1, 0.15) is 17.9 Å². The number of carbonyl (C=O) groups excluding carboxylic acids is 1. The Morgan fingerprint density at radius 1 is 1.05 bits per heavy atom. The fraction of sp³-hybridized carbons (Fsp3) is 0.235. The molecule has 2 aliphatic rings. The number of hydrogen-bond acceptors (Lipinski definition) is 3. The van der Waals surface area contributed by atoms with Crippen LogP contribution in [-0.4, -0.2) is 12.7 Å². The lowest BCUT2D eigenvalue weighted by molar-refractivity contribution is -0.117. The minimum Gasteiger partial charge on any atom is -0.454 e. The summed E-state index contributed by atoms with van der Waals surface area (Å²) in [5.74, 6) is 1.89. The van der Waals surface area contributed by atoms with Gasteiger partial charge in [0.2, 0.25) is 12.7 Å². The predicted octanol–water partition coefficient (Wildman–Crippen LogP) is 3.16. The Labute approximate surface area is 122 Å². The van der Waals surface area contributed by atoms with E-state index in [4.69, 9.17) is 9.47 Å². The number of amides is 1. The number of rotatable bonds is 3. The molecule has 1 fully saturated rings. The lowest BCUT2D eigenvalue weighted by Crippen LogP contribution is -2.14. The fourth-order valence-electron chi connectivity index (χ4n) is 2.76. The van der Waals surface area contributed by atoms with E-state index < -0.39 is 0 Å². The smallest absolute Gasteiger partial charge is 0.231 e. The molecule has 106 valence electrons. The highest BCUT2D eigenvalue weighted by atomic mass is 16.7. The summed E-state index contributed by atoms with van der Waals surface area (Å²) >= 11 is 0. The molecule has 4 heteroatoms. The number of carbonyl (C=O) groups is 1. The highest BCUT2D eigenvalue weighted by Crippen LogP contribution is 2.48. The molecule has 0 bridgehead atoms. The number of fused-ring (bicyclic) bond motifs is 1. The predicted molar refractivity (Wildman–Crippen MR) is 78.5 cm³/mol. The third-order valence-corrected chi connectivity index (χ3v) is 4.00. The van der Waals surface area contributed by atoms with Crippen molar-refractivity contribution in [3.63, 3.8) is 0 Å². The highest BCUT2D eigenvalue weighted by molar-refractivity contribution is 5.95. The van der Waals surface area contributed by atoms with E-state index in [1.54, 1.807) is 6.07 Å². The van der Waals surface area contributed by atoms with Gasteiger partial charge in [-0.2, -0.15) is 0 Å². The average molecular weight is 281 g/mol. The van der Waals surface area contributed by atoms with Crippen LogP contribution in [-0.2, 0) is 4.79 Å². The molecule has 0 saturated heterocycles. The summed E-state index contributed by atoms with van der Waals surface area (Å²) < 4.78 is 10.6. The summed E-state index contributed by atoms with van der Waals surface area (Å²) in [6.07, 6.45) is 0.917. The summed E-state index contributed by atoms with van der Waals surface area (Å²) in [4.78, 5) is 12.3. The second-order valence-corrected chi connectivity index (χ2v) is 5.42. The number of anilines is 1. The Kier molecular flexibility index (Phi) is 2.81. The van der Waals surface area contributed by atoms with Gasteiger partial charge in [-0.25, -0.2) is 0 Å². The zero-order valence-corrected chi connectivity index (χ0v) is 11.4. The number of ether oxygens (including phenoxy) is 2. The highest BCUT2D eigenvalue weighted by Gasteiger charge is 2.43. The van der Waals surface area contributed by atoms with Crippen molar-refractivity contribution < 1.29 is 14.3 Å². The normalized spacial score (nSPS) is 21.9. The molecule has 2 atom stereocenters. The third kappa shape index (κ3) is 2.33. The molecule has 0 unspecified atom stereocenters. The largest absolute Gasteiger partial charge is 0.454 e. The molecule has 2 aromatic rings. The molecule has 4 nitrogen and oxygen atoms in total. The van der Waals surface area contributed by atoms with Crippen LogP contribution >= 0.6 is 0 Å². The summed E-state index contributed by atoms with van der Waals surface area (Å²) in [6, 6.07) is 15.6. The van der Waals surface area contributed by atoms with Crippen molar-refractivity contribution >= 4 is 11.6 Å². The summed E-state index contributed by atoms with van der Waals surface area (Å²) in [6.45, 7) is 0.242. The SMILES string of the molecule is O=C(Nc1ccc2c(c1)OCO2)[C@H]1C[C@@H]1c1ccccc1. The van der Waals surface area contributed by atoms with Gasteiger partial charge >= 0.3 is 0 Å². The second-order valence-electron chi connectivity index (χ2n) is 5.42. The van der Waals surface area contributed by atoms with E-state index in [2.05, 4.69) is 17.4 Å². The van der Waals surface area contributed by atoms with Gasteiger partial charge in [0.15, 0.2) is 11.5 Å². The maximum Gasteiger partial charge on any atom is 0.231 e. The molecule has 0 radical (unpaired) electrons. The van der Waals surface area contributed by atoms with E-state index in [-0.39, 0.29) is 18.6 Å². The van der Waals surface area contributed by atoms with Crippen molar-refractivity contribution in [3.05, 3.63) is 54.1 Å². The van der Waals surface area contributed by atoms with Gasteiger partial charge in [0, 0.05) is 17.7 Å². The molecular weight excluding hydrogens is 266 g/mol. The maximum absolute atomic E-state index is 12.3. The van der Waals surface area contributed by atoms with Crippen LogP contribution < -0.4 is 14.8 Å². The lowest BCUT2D eigenvalue weighted by Gasteiger charge is -2.06. The van der Waals surface area contributed by atoms with Gasteiger partial charge in [-0.05, 0) is 30.0 Å². The van der Waals surface area contributed by atoms with Crippen LogP contribution in [0.15, 0.2) is 48.5 Å². The number of benzene rings is 2. The number of nitrogens with one attached hydrogen (secondary N) is 1. The van der Waals surface area contributed by atoms with Gasteiger partial charge in [-0.3, -0.25) is 4.79 Å². The third-order valence-electron chi connectivity index (χ3n) is 4.00. The molecule has 1 amide bonds. The lowest BCUT2D eigenvalue weighted by atomic mass is 10.1. The molecule has 0 aromatic heterocycles. The van der Waals surface area contributed by atoms with Crippen molar-refractivity contribution in [1.29, 1.82) is 0 Å². The first-order chi connectivity index (χ1) is 10.3. The molecule has 2 aromatic carbocycles. The van der Waals surface area contributed by atoms with Gasteiger partial charge in [0.1, 0.15) is 0 Å². The Bertz CT molecular complexity index is 684. The molecule has 0 spiro atoms.